The number of para-hydroxylation sites is 1. The smallest absolute Gasteiger partial charge is 0.309 e. The topological polar surface area (TPSA) is 62.4 Å². The zero-order valence-electron chi connectivity index (χ0n) is 19.3. The third kappa shape index (κ3) is 4.95. The van der Waals surface area contributed by atoms with E-state index >= 15 is 0 Å². The maximum absolute atomic E-state index is 14.1. The fourth-order valence-electron chi connectivity index (χ4n) is 4.88. The molecule has 1 aliphatic heterocycles. The number of H-pyrrole nitrogens is 1. The molecule has 5 nitrogen and oxygen atoms in total. The number of fused-ring (bicyclic) bond motifs is 1. The van der Waals surface area contributed by atoms with E-state index in [-0.39, 0.29) is 36.0 Å². The number of carbonyl (C=O) groups excluding carboxylic acids is 2. The normalized spacial score (nSPS) is 15.5. The van der Waals surface area contributed by atoms with E-state index in [0.717, 1.165) is 28.5 Å². The minimum atomic E-state index is -0.311. The molecule has 0 bridgehead atoms. The molecular formula is C27H31FN2O3. The van der Waals surface area contributed by atoms with Crippen LogP contribution in [0.4, 0.5) is 4.39 Å². The van der Waals surface area contributed by atoms with E-state index in [9.17, 15) is 14.0 Å². The summed E-state index contributed by atoms with van der Waals surface area (Å²) in [6.45, 7) is 5.36. The number of hydrogen-bond donors (Lipinski definition) is 1. The molecule has 1 fully saturated rings. The van der Waals surface area contributed by atoms with Gasteiger partial charge in [0.05, 0.1) is 12.5 Å². The van der Waals surface area contributed by atoms with Gasteiger partial charge in [-0.3, -0.25) is 9.59 Å². The zero-order valence-corrected chi connectivity index (χ0v) is 19.3. The lowest BCUT2D eigenvalue weighted by Gasteiger charge is -2.32. The van der Waals surface area contributed by atoms with Crippen molar-refractivity contribution in [2.24, 2.45) is 5.92 Å². The van der Waals surface area contributed by atoms with Crippen LogP contribution in [0.1, 0.15) is 55.7 Å². The van der Waals surface area contributed by atoms with E-state index in [1.807, 2.05) is 23.2 Å². The number of hydrogen-bond acceptors (Lipinski definition) is 3. The number of likely N-dealkylation sites (tertiary alicyclic amines) is 1. The van der Waals surface area contributed by atoms with Crippen molar-refractivity contribution in [3.8, 4) is 0 Å². The van der Waals surface area contributed by atoms with Gasteiger partial charge in [-0.25, -0.2) is 4.39 Å². The van der Waals surface area contributed by atoms with Crippen molar-refractivity contribution >= 4 is 22.8 Å². The number of esters is 1. The number of aromatic amines is 1. The van der Waals surface area contributed by atoms with E-state index in [4.69, 9.17) is 4.74 Å². The monoisotopic (exact) mass is 450 g/mol. The van der Waals surface area contributed by atoms with Gasteiger partial charge in [0.25, 0.3) is 0 Å². The predicted molar refractivity (Wildman–Crippen MR) is 126 cm³/mol. The van der Waals surface area contributed by atoms with Gasteiger partial charge >= 0.3 is 5.97 Å². The molecule has 0 aliphatic carbocycles. The highest BCUT2D eigenvalue weighted by atomic mass is 19.1. The van der Waals surface area contributed by atoms with Crippen LogP contribution < -0.4 is 0 Å². The summed E-state index contributed by atoms with van der Waals surface area (Å²) in [5.41, 5.74) is 4.07. The Balaban J connectivity index is 1.59. The molecule has 2 heterocycles. The van der Waals surface area contributed by atoms with Crippen molar-refractivity contribution in [2.45, 2.75) is 45.4 Å². The number of rotatable bonds is 7. The van der Waals surface area contributed by atoms with Crippen LogP contribution in [-0.2, 0) is 20.7 Å². The molecule has 0 unspecified atom stereocenters. The second kappa shape index (κ2) is 10.2. The van der Waals surface area contributed by atoms with E-state index in [0.29, 0.717) is 32.5 Å². The molecule has 0 saturated carbocycles. The molecule has 1 saturated heterocycles. The van der Waals surface area contributed by atoms with Gasteiger partial charge in [-0.2, -0.15) is 0 Å². The van der Waals surface area contributed by atoms with Gasteiger partial charge in [-0.15, -0.1) is 0 Å². The third-order valence-corrected chi connectivity index (χ3v) is 6.69. The Morgan fingerprint density at radius 3 is 2.61 bits per heavy atom. The molecule has 0 spiro atoms. The molecule has 1 aromatic heterocycles. The van der Waals surface area contributed by atoms with E-state index < -0.39 is 0 Å². The molecule has 1 amide bonds. The molecule has 33 heavy (non-hydrogen) atoms. The first-order valence-corrected chi connectivity index (χ1v) is 11.8. The number of aryl methyl sites for hydroxylation is 1. The lowest BCUT2D eigenvalue weighted by atomic mass is 9.87. The molecule has 2 aromatic carbocycles. The Morgan fingerprint density at radius 1 is 1.15 bits per heavy atom. The summed E-state index contributed by atoms with van der Waals surface area (Å²) >= 11 is 0. The Bertz CT molecular complexity index is 1130. The van der Waals surface area contributed by atoms with E-state index in [2.05, 4.69) is 24.0 Å². The summed E-state index contributed by atoms with van der Waals surface area (Å²) in [5, 5.41) is 1.07. The summed E-state index contributed by atoms with van der Waals surface area (Å²) in [5.74, 6) is -0.874. The highest BCUT2D eigenvalue weighted by Gasteiger charge is 2.30. The molecule has 3 aromatic rings. The van der Waals surface area contributed by atoms with Crippen LogP contribution in [0, 0.1) is 11.7 Å². The van der Waals surface area contributed by atoms with Gasteiger partial charge in [-0.1, -0.05) is 37.3 Å². The number of piperidine rings is 1. The number of amides is 1. The predicted octanol–water partition coefficient (Wildman–Crippen LogP) is 5.19. The molecule has 1 N–H and O–H groups in total. The number of nitrogens with zero attached hydrogens (tertiary/aromatic N) is 1. The Kier molecular flexibility index (Phi) is 7.11. The summed E-state index contributed by atoms with van der Waals surface area (Å²) in [7, 11) is 0. The van der Waals surface area contributed by atoms with Crippen molar-refractivity contribution < 1.29 is 18.7 Å². The summed E-state index contributed by atoms with van der Waals surface area (Å²) in [6.07, 6.45) is 4.33. The van der Waals surface area contributed by atoms with Crippen LogP contribution >= 0.6 is 0 Å². The molecule has 6 heteroatoms. The van der Waals surface area contributed by atoms with Crippen LogP contribution in [0.5, 0.6) is 0 Å². The quantitative estimate of drug-likeness (QED) is 0.504. The number of benzene rings is 2. The maximum atomic E-state index is 14.1. The average molecular weight is 451 g/mol. The number of halogens is 1. The van der Waals surface area contributed by atoms with Crippen LogP contribution in [-0.4, -0.2) is 41.5 Å². The van der Waals surface area contributed by atoms with Crippen molar-refractivity contribution in [3.63, 3.8) is 0 Å². The average Bonchev–Trinajstić information content (AvgIpc) is 3.26. The van der Waals surface area contributed by atoms with Crippen molar-refractivity contribution in [1.82, 2.24) is 9.88 Å². The lowest BCUT2D eigenvalue weighted by molar-refractivity contribution is -0.151. The van der Waals surface area contributed by atoms with E-state index in [1.54, 1.807) is 13.0 Å². The number of carbonyl (C=O) groups is 2. The summed E-state index contributed by atoms with van der Waals surface area (Å²) in [6, 6.07) is 12.7. The van der Waals surface area contributed by atoms with E-state index in [1.165, 1.54) is 17.7 Å². The largest absolute Gasteiger partial charge is 0.466 e. The van der Waals surface area contributed by atoms with Crippen molar-refractivity contribution in [1.29, 1.82) is 0 Å². The van der Waals surface area contributed by atoms with Crippen LogP contribution in [0.15, 0.2) is 48.7 Å². The first-order chi connectivity index (χ1) is 16.0. The lowest BCUT2D eigenvalue weighted by Crippen LogP contribution is -2.41. The molecular weight excluding hydrogens is 419 g/mol. The second-order valence-electron chi connectivity index (χ2n) is 8.66. The Labute approximate surface area is 193 Å². The van der Waals surface area contributed by atoms with Gasteiger partial charge < -0.3 is 14.6 Å². The van der Waals surface area contributed by atoms with Gasteiger partial charge in [0.15, 0.2) is 0 Å². The van der Waals surface area contributed by atoms with Gasteiger partial charge in [0, 0.05) is 42.5 Å². The number of aromatic nitrogens is 1. The summed E-state index contributed by atoms with van der Waals surface area (Å²) < 4.78 is 19.3. The SMILES string of the molecule is CCOC(=O)C1CCN(C(=O)C[C@H](c2cccc(F)c2)c2c[nH]c3c(CC)cccc23)CC1. The van der Waals surface area contributed by atoms with Gasteiger partial charge in [-0.05, 0) is 55.0 Å². The van der Waals surface area contributed by atoms with Crippen LogP contribution in [0.25, 0.3) is 10.9 Å². The molecule has 174 valence electrons. The fraction of sp³-hybridized carbons (Fsp3) is 0.407. The van der Waals surface area contributed by atoms with Crippen molar-refractivity contribution in [2.75, 3.05) is 19.7 Å². The highest BCUT2D eigenvalue weighted by molar-refractivity contribution is 5.88. The first kappa shape index (κ1) is 23.0. The number of ether oxygens (including phenoxy) is 1. The van der Waals surface area contributed by atoms with Crippen molar-refractivity contribution in [3.05, 3.63) is 71.2 Å². The Hall–Kier alpha value is -3.15. The first-order valence-electron chi connectivity index (χ1n) is 11.8. The highest BCUT2D eigenvalue weighted by Crippen LogP contribution is 2.35. The second-order valence-corrected chi connectivity index (χ2v) is 8.66. The minimum absolute atomic E-state index is 0.0209. The molecule has 1 aliphatic rings. The Morgan fingerprint density at radius 2 is 1.91 bits per heavy atom. The van der Waals surface area contributed by atoms with Gasteiger partial charge in [0.2, 0.25) is 5.91 Å². The molecule has 4 rings (SSSR count). The molecule has 1 atom stereocenters. The maximum Gasteiger partial charge on any atom is 0.309 e. The fourth-order valence-corrected chi connectivity index (χ4v) is 4.88. The van der Waals surface area contributed by atoms with Crippen LogP contribution in [0.2, 0.25) is 0 Å². The van der Waals surface area contributed by atoms with Crippen LogP contribution in [0.3, 0.4) is 0 Å². The minimum Gasteiger partial charge on any atom is -0.466 e. The number of nitrogens with one attached hydrogen (secondary N) is 1. The summed E-state index contributed by atoms with van der Waals surface area (Å²) in [4.78, 5) is 30.6. The van der Waals surface area contributed by atoms with Gasteiger partial charge in [0.1, 0.15) is 5.82 Å². The zero-order chi connectivity index (χ0) is 23.4. The molecule has 0 radical (unpaired) electrons. The third-order valence-electron chi connectivity index (χ3n) is 6.69. The standard InChI is InChI=1S/C27H31FN2O3/c1-3-18-7-6-10-22-24(17-29-26(18)22)23(20-8-5-9-21(28)15-20)16-25(31)30-13-11-19(12-14-30)27(32)33-4-2/h5-10,15,17,19,23,29H,3-4,11-14,16H2,1-2H3/t23-/m1/s1.